The minimum Gasteiger partial charge on any atom is -0.496 e. The first kappa shape index (κ1) is 20.3. The molecule has 0 radical (unpaired) electrons. The fourth-order valence-corrected chi connectivity index (χ4v) is 4.50. The van der Waals surface area contributed by atoms with Crippen molar-refractivity contribution in [1.82, 2.24) is 4.31 Å². The van der Waals surface area contributed by atoms with E-state index in [-0.39, 0.29) is 17.2 Å². The first-order valence-electron chi connectivity index (χ1n) is 9.10. The van der Waals surface area contributed by atoms with Crippen molar-refractivity contribution < 1.29 is 22.7 Å². The Bertz CT molecular complexity index is 909. The number of aryl methyl sites for hydroxylation is 1. The number of hydrogen-bond acceptors (Lipinski definition) is 5. The molecular formula is C20H24N2O5S. The highest BCUT2D eigenvalue weighted by atomic mass is 32.2. The summed E-state index contributed by atoms with van der Waals surface area (Å²) in [5.41, 5.74) is 1.41. The summed E-state index contributed by atoms with van der Waals surface area (Å²) in [6, 6.07) is 14.0. The maximum Gasteiger partial charge on any atom is 0.243 e. The molecule has 1 amide bonds. The summed E-state index contributed by atoms with van der Waals surface area (Å²) in [6.07, 6.45) is 0.584. The molecule has 7 nitrogen and oxygen atoms in total. The van der Waals surface area contributed by atoms with Gasteiger partial charge in [0, 0.05) is 25.2 Å². The Kier molecular flexibility index (Phi) is 6.66. The molecule has 3 rings (SSSR count). The third-order valence-electron chi connectivity index (χ3n) is 4.54. The molecule has 2 aromatic carbocycles. The Morgan fingerprint density at radius 1 is 1.14 bits per heavy atom. The fraction of sp³-hybridized carbons (Fsp3) is 0.350. The molecule has 0 atom stereocenters. The van der Waals surface area contributed by atoms with Gasteiger partial charge in [0.1, 0.15) is 5.75 Å². The van der Waals surface area contributed by atoms with Crippen molar-refractivity contribution in [2.45, 2.75) is 17.7 Å². The second-order valence-electron chi connectivity index (χ2n) is 6.40. The molecule has 1 aliphatic heterocycles. The molecule has 8 heteroatoms. The number of carbonyl (C=O) groups is 1. The van der Waals surface area contributed by atoms with Gasteiger partial charge in [-0.15, -0.1) is 0 Å². The van der Waals surface area contributed by atoms with E-state index in [2.05, 4.69) is 5.32 Å². The van der Waals surface area contributed by atoms with E-state index in [0.29, 0.717) is 44.0 Å². The Labute approximate surface area is 165 Å². The molecular weight excluding hydrogens is 380 g/mol. The first-order chi connectivity index (χ1) is 13.5. The lowest BCUT2D eigenvalue weighted by molar-refractivity contribution is -0.116. The van der Waals surface area contributed by atoms with E-state index >= 15 is 0 Å². The van der Waals surface area contributed by atoms with Crippen molar-refractivity contribution in [3.8, 4) is 5.75 Å². The molecule has 0 aromatic heterocycles. The van der Waals surface area contributed by atoms with Gasteiger partial charge in [-0.1, -0.05) is 18.2 Å². The van der Waals surface area contributed by atoms with Crippen LogP contribution in [-0.2, 0) is 26.0 Å². The number of carbonyl (C=O) groups excluding carboxylic acids is 1. The Morgan fingerprint density at radius 3 is 2.54 bits per heavy atom. The van der Waals surface area contributed by atoms with Gasteiger partial charge in [0.25, 0.3) is 0 Å². The summed E-state index contributed by atoms with van der Waals surface area (Å²) in [4.78, 5) is 12.4. The smallest absolute Gasteiger partial charge is 0.243 e. The van der Waals surface area contributed by atoms with Crippen LogP contribution in [0.2, 0.25) is 0 Å². The van der Waals surface area contributed by atoms with Crippen LogP contribution in [0.1, 0.15) is 12.0 Å². The highest BCUT2D eigenvalue weighted by Crippen LogP contribution is 2.26. The zero-order valence-corrected chi connectivity index (χ0v) is 16.6. The van der Waals surface area contributed by atoms with E-state index in [1.165, 1.54) is 17.5 Å². The van der Waals surface area contributed by atoms with Gasteiger partial charge < -0.3 is 14.8 Å². The van der Waals surface area contributed by atoms with Crippen LogP contribution in [0.3, 0.4) is 0 Å². The van der Waals surface area contributed by atoms with E-state index in [1.54, 1.807) is 12.1 Å². The van der Waals surface area contributed by atoms with Crippen molar-refractivity contribution in [1.29, 1.82) is 0 Å². The predicted octanol–water partition coefficient (Wildman–Crippen LogP) is 2.29. The molecule has 0 aliphatic carbocycles. The van der Waals surface area contributed by atoms with Crippen molar-refractivity contribution >= 4 is 21.6 Å². The van der Waals surface area contributed by atoms with Gasteiger partial charge >= 0.3 is 0 Å². The summed E-state index contributed by atoms with van der Waals surface area (Å²) in [6.45, 7) is 1.45. The molecule has 1 N–H and O–H groups in total. The normalized spacial score (nSPS) is 15.2. The van der Waals surface area contributed by atoms with Crippen LogP contribution in [0.5, 0.6) is 5.75 Å². The van der Waals surface area contributed by atoms with Crippen LogP contribution >= 0.6 is 0 Å². The van der Waals surface area contributed by atoms with Gasteiger partial charge in [0.05, 0.1) is 25.2 Å². The Balaban J connectivity index is 1.73. The average Bonchev–Trinajstić information content (AvgIpc) is 2.73. The third-order valence-corrected chi connectivity index (χ3v) is 6.43. The standard InChI is InChI=1S/C20H24N2O5S/c1-26-19-9-8-18(28(24,25)22-11-13-27-14-12-22)15-16(19)7-10-20(23)21-17-5-3-2-4-6-17/h2-6,8-9,15H,7,10-14H2,1H3,(H,21,23). The largest absolute Gasteiger partial charge is 0.496 e. The Morgan fingerprint density at radius 2 is 1.86 bits per heavy atom. The molecule has 1 saturated heterocycles. The number of hydrogen-bond donors (Lipinski definition) is 1. The lowest BCUT2D eigenvalue weighted by atomic mass is 10.1. The predicted molar refractivity (Wildman–Crippen MR) is 106 cm³/mol. The number of benzene rings is 2. The van der Waals surface area contributed by atoms with Gasteiger partial charge in [-0.05, 0) is 42.3 Å². The van der Waals surface area contributed by atoms with Gasteiger partial charge in [-0.2, -0.15) is 4.31 Å². The number of sulfonamides is 1. The summed E-state index contributed by atoms with van der Waals surface area (Å²) < 4.78 is 37.7. The molecule has 1 fully saturated rings. The second kappa shape index (κ2) is 9.18. The lowest BCUT2D eigenvalue weighted by Gasteiger charge is -2.26. The summed E-state index contributed by atoms with van der Waals surface area (Å²) in [7, 11) is -2.07. The monoisotopic (exact) mass is 404 g/mol. The molecule has 1 aliphatic rings. The Hall–Kier alpha value is -2.42. The van der Waals surface area contributed by atoms with Gasteiger partial charge in [0.2, 0.25) is 15.9 Å². The van der Waals surface area contributed by atoms with Crippen LogP contribution in [-0.4, -0.2) is 52.0 Å². The number of nitrogens with zero attached hydrogens (tertiary/aromatic N) is 1. The van der Waals surface area contributed by atoms with Gasteiger partial charge in [0.15, 0.2) is 0 Å². The van der Waals surface area contributed by atoms with E-state index in [1.807, 2.05) is 30.3 Å². The maximum absolute atomic E-state index is 12.9. The number of nitrogens with one attached hydrogen (secondary N) is 1. The molecule has 2 aromatic rings. The van der Waals surface area contributed by atoms with Crippen molar-refractivity contribution in [2.75, 3.05) is 38.7 Å². The van der Waals surface area contributed by atoms with Crippen LogP contribution in [0.15, 0.2) is 53.4 Å². The summed E-state index contributed by atoms with van der Waals surface area (Å²) in [5, 5.41) is 2.83. The summed E-state index contributed by atoms with van der Waals surface area (Å²) in [5.74, 6) is 0.420. The minimum atomic E-state index is -3.60. The highest BCUT2D eigenvalue weighted by molar-refractivity contribution is 7.89. The topological polar surface area (TPSA) is 84.9 Å². The van der Waals surface area contributed by atoms with Crippen molar-refractivity contribution in [3.63, 3.8) is 0 Å². The molecule has 28 heavy (non-hydrogen) atoms. The highest BCUT2D eigenvalue weighted by Gasteiger charge is 2.27. The zero-order valence-electron chi connectivity index (χ0n) is 15.8. The number of anilines is 1. The zero-order chi connectivity index (χ0) is 20.0. The first-order valence-corrected chi connectivity index (χ1v) is 10.5. The third kappa shape index (κ3) is 4.89. The van der Waals surface area contributed by atoms with E-state index < -0.39 is 10.0 Å². The quantitative estimate of drug-likeness (QED) is 0.765. The number of morpholine rings is 1. The van der Waals surface area contributed by atoms with Crippen LogP contribution in [0, 0.1) is 0 Å². The summed E-state index contributed by atoms with van der Waals surface area (Å²) >= 11 is 0. The SMILES string of the molecule is COc1ccc(S(=O)(=O)N2CCOCC2)cc1CCC(=O)Nc1ccccc1. The number of methoxy groups -OCH3 is 1. The molecule has 0 bridgehead atoms. The second-order valence-corrected chi connectivity index (χ2v) is 8.34. The molecule has 1 heterocycles. The van der Waals surface area contributed by atoms with Crippen molar-refractivity contribution in [3.05, 3.63) is 54.1 Å². The average molecular weight is 404 g/mol. The van der Waals surface area contributed by atoms with Crippen molar-refractivity contribution in [2.24, 2.45) is 0 Å². The van der Waals surface area contributed by atoms with Crippen LogP contribution in [0.25, 0.3) is 0 Å². The van der Waals surface area contributed by atoms with Crippen LogP contribution < -0.4 is 10.1 Å². The molecule has 0 spiro atoms. The number of amides is 1. The van der Waals surface area contributed by atoms with Crippen LogP contribution in [0.4, 0.5) is 5.69 Å². The maximum atomic E-state index is 12.9. The van der Waals surface area contributed by atoms with E-state index in [0.717, 1.165) is 5.69 Å². The number of rotatable bonds is 7. The molecule has 0 unspecified atom stereocenters. The van der Waals surface area contributed by atoms with Gasteiger partial charge in [-0.25, -0.2) is 8.42 Å². The van der Waals surface area contributed by atoms with E-state index in [9.17, 15) is 13.2 Å². The molecule has 0 saturated carbocycles. The minimum absolute atomic E-state index is 0.144. The number of ether oxygens (including phenoxy) is 2. The van der Waals surface area contributed by atoms with Gasteiger partial charge in [-0.3, -0.25) is 4.79 Å². The fourth-order valence-electron chi connectivity index (χ4n) is 3.04. The molecule has 150 valence electrons. The number of para-hydroxylation sites is 1. The lowest BCUT2D eigenvalue weighted by Crippen LogP contribution is -2.40. The van der Waals surface area contributed by atoms with E-state index in [4.69, 9.17) is 9.47 Å².